The zero-order chi connectivity index (χ0) is 16.5. The number of hydrogen-bond donors (Lipinski definition) is 1. The normalized spacial score (nSPS) is 11.8. The van der Waals surface area contributed by atoms with Gasteiger partial charge in [0.2, 0.25) is 10.0 Å². The summed E-state index contributed by atoms with van der Waals surface area (Å²) in [5, 5.41) is 4.71. The van der Waals surface area contributed by atoms with Crippen LogP contribution in [0, 0.1) is 5.92 Å². The van der Waals surface area contributed by atoms with Crippen LogP contribution in [0.5, 0.6) is 0 Å². The van der Waals surface area contributed by atoms with E-state index in [4.69, 9.17) is 0 Å². The largest absolute Gasteiger partial charge is 0.285 e. The lowest BCUT2D eigenvalue weighted by Gasteiger charge is -2.12. The number of amides is 1. The molecule has 0 unspecified atom stereocenters. The van der Waals surface area contributed by atoms with Gasteiger partial charge in [0.05, 0.1) is 11.6 Å². The molecule has 2 aromatic rings. The minimum Gasteiger partial charge on any atom is -0.267 e. The second-order valence-electron chi connectivity index (χ2n) is 5.48. The van der Waals surface area contributed by atoms with Gasteiger partial charge in [0.25, 0.3) is 11.5 Å². The van der Waals surface area contributed by atoms with Crippen LogP contribution in [0.3, 0.4) is 0 Å². The first-order chi connectivity index (χ1) is 10.2. The molecule has 2 rings (SSSR count). The van der Waals surface area contributed by atoms with Crippen molar-refractivity contribution in [2.75, 3.05) is 6.26 Å². The molecule has 1 aromatic carbocycles. The molecule has 0 aliphatic rings. The van der Waals surface area contributed by atoms with Crippen molar-refractivity contribution >= 4 is 26.7 Å². The smallest absolute Gasteiger partial charge is 0.267 e. The summed E-state index contributed by atoms with van der Waals surface area (Å²) in [6.07, 6.45) is 0.886. The van der Waals surface area contributed by atoms with Crippen LogP contribution in [0.25, 0.3) is 10.8 Å². The monoisotopic (exact) mass is 323 g/mol. The van der Waals surface area contributed by atoms with Gasteiger partial charge in [0, 0.05) is 11.9 Å². The average molecular weight is 323 g/mol. The standard InChI is InChI=1S/C14H17N3O4S/c1-9(2)8-17-14(19)11-7-5-4-6-10(11)12(15-17)13(18)16-22(3,20)21/h4-7,9H,8H2,1-3H3,(H,16,18). The minimum atomic E-state index is -3.71. The summed E-state index contributed by atoms with van der Waals surface area (Å²) in [6, 6.07) is 6.50. The maximum atomic E-state index is 12.4. The highest BCUT2D eigenvalue weighted by atomic mass is 32.2. The number of hydrogen-bond acceptors (Lipinski definition) is 5. The summed E-state index contributed by atoms with van der Waals surface area (Å²) < 4.78 is 25.6. The molecule has 0 fully saturated rings. The highest BCUT2D eigenvalue weighted by Crippen LogP contribution is 2.14. The molecule has 0 radical (unpaired) electrons. The summed E-state index contributed by atoms with van der Waals surface area (Å²) in [6.45, 7) is 4.17. The summed E-state index contributed by atoms with van der Waals surface area (Å²) in [5.41, 5.74) is -0.388. The Labute approximate surface area is 128 Å². The SMILES string of the molecule is CC(C)Cn1nc(C(=O)NS(C)(=O)=O)c2ccccc2c1=O. The Morgan fingerprint density at radius 2 is 1.86 bits per heavy atom. The van der Waals surface area contributed by atoms with E-state index in [9.17, 15) is 18.0 Å². The van der Waals surface area contributed by atoms with E-state index in [1.54, 1.807) is 24.3 Å². The van der Waals surface area contributed by atoms with Crippen LogP contribution in [0.15, 0.2) is 29.1 Å². The average Bonchev–Trinajstić information content (AvgIpc) is 2.39. The zero-order valence-corrected chi connectivity index (χ0v) is 13.3. The van der Waals surface area contributed by atoms with Gasteiger partial charge in [-0.15, -0.1) is 0 Å². The van der Waals surface area contributed by atoms with Crippen molar-refractivity contribution in [3.8, 4) is 0 Å². The number of rotatable bonds is 4. The van der Waals surface area contributed by atoms with E-state index in [2.05, 4.69) is 5.10 Å². The quantitative estimate of drug-likeness (QED) is 0.895. The molecule has 0 saturated heterocycles. The van der Waals surface area contributed by atoms with Crippen molar-refractivity contribution in [3.63, 3.8) is 0 Å². The number of carbonyl (C=O) groups is 1. The van der Waals surface area contributed by atoms with Gasteiger partial charge in [-0.2, -0.15) is 5.10 Å². The topological polar surface area (TPSA) is 98.1 Å². The van der Waals surface area contributed by atoms with Crippen LogP contribution >= 0.6 is 0 Å². The Morgan fingerprint density at radius 3 is 2.41 bits per heavy atom. The van der Waals surface area contributed by atoms with Crippen LogP contribution < -0.4 is 10.3 Å². The molecule has 7 nitrogen and oxygen atoms in total. The van der Waals surface area contributed by atoms with Crippen molar-refractivity contribution in [3.05, 3.63) is 40.3 Å². The number of nitrogens with one attached hydrogen (secondary N) is 1. The lowest BCUT2D eigenvalue weighted by atomic mass is 10.1. The van der Waals surface area contributed by atoms with Gasteiger partial charge in [0.1, 0.15) is 0 Å². The van der Waals surface area contributed by atoms with Crippen molar-refractivity contribution < 1.29 is 13.2 Å². The van der Waals surface area contributed by atoms with E-state index < -0.39 is 15.9 Å². The second-order valence-corrected chi connectivity index (χ2v) is 7.23. The zero-order valence-electron chi connectivity index (χ0n) is 12.5. The van der Waals surface area contributed by atoms with Crippen LogP contribution in [0.4, 0.5) is 0 Å². The number of aromatic nitrogens is 2. The number of carbonyl (C=O) groups excluding carboxylic acids is 1. The lowest BCUT2D eigenvalue weighted by molar-refractivity contribution is 0.0976. The highest BCUT2D eigenvalue weighted by molar-refractivity contribution is 7.89. The van der Waals surface area contributed by atoms with Gasteiger partial charge in [0.15, 0.2) is 5.69 Å². The third kappa shape index (κ3) is 3.51. The fourth-order valence-corrected chi connectivity index (χ4v) is 2.52. The fourth-order valence-electron chi connectivity index (χ4n) is 2.09. The fraction of sp³-hybridized carbons (Fsp3) is 0.357. The predicted molar refractivity (Wildman–Crippen MR) is 83.2 cm³/mol. The van der Waals surface area contributed by atoms with Gasteiger partial charge in [-0.1, -0.05) is 32.0 Å². The molecule has 0 bridgehead atoms. The summed E-state index contributed by atoms with van der Waals surface area (Å²) in [7, 11) is -3.71. The third-order valence-corrected chi connectivity index (χ3v) is 3.46. The number of fused-ring (bicyclic) bond motifs is 1. The Morgan fingerprint density at radius 1 is 1.27 bits per heavy atom. The van der Waals surface area contributed by atoms with Gasteiger partial charge in [-0.3, -0.25) is 9.59 Å². The minimum absolute atomic E-state index is 0.0822. The molecule has 8 heteroatoms. The Bertz CT molecular complexity index is 885. The second kappa shape index (κ2) is 5.88. The molecule has 0 spiro atoms. The first-order valence-corrected chi connectivity index (χ1v) is 8.60. The molecule has 1 amide bonds. The van der Waals surface area contributed by atoms with Gasteiger partial charge < -0.3 is 0 Å². The maximum absolute atomic E-state index is 12.4. The Kier molecular flexibility index (Phi) is 4.32. The van der Waals surface area contributed by atoms with Crippen molar-refractivity contribution in [1.82, 2.24) is 14.5 Å². The van der Waals surface area contributed by atoms with Crippen LogP contribution in [-0.4, -0.2) is 30.4 Å². The maximum Gasteiger partial charge on any atom is 0.285 e. The predicted octanol–water partition coefficient (Wildman–Crippen LogP) is 0.742. The number of benzene rings is 1. The van der Waals surface area contributed by atoms with Gasteiger partial charge in [-0.05, 0) is 12.0 Å². The van der Waals surface area contributed by atoms with E-state index >= 15 is 0 Å². The molecule has 118 valence electrons. The lowest BCUT2D eigenvalue weighted by Crippen LogP contribution is -2.34. The van der Waals surface area contributed by atoms with Crippen LogP contribution in [0.2, 0.25) is 0 Å². The van der Waals surface area contributed by atoms with E-state index in [1.165, 1.54) is 4.68 Å². The van der Waals surface area contributed by atoms with Crippen LogP contribution in [0.1, 0.15) is 24.3 Å². The van der Waals surface area contributed by atoms with E-state index in [0.29, 0.717) is 17.3 Å². The molecular weight excluding hydrogens is 306 g/mol. The summed E-state index contributed by atoms with van der Waals surface area (Å²) in [5.74, 6) is -0.701. The molecular formula is C14H17N3O4S. The third-order valence-electron chi connectivity index (χ3n) is 2.90. The first kappa shape index (κ1) is 16.2. The summed E-state index contributed by atoms with van der Waals surface area (Å²) in [4.78, 5) is 24.5. The molecule has 22 heavy (non-hydrogen) atoms. The Hall–Kier alpha value is -2.22. The molecule has 1 aromatic heterocycles. The summed E-state index contributed by atoms with van der Waals surface area (Å²) >= 11 is 0. The van der Waals surface area contributed by atoms with Gasteiger partial charge in [-0.25, -0.2) is 17.8 Å². The molecule has 0 atom stereocenters. The molecule has 0 aliphatic heterocycles. The molecule has 0 saturated carbocycles. The number of sulfonamides is 1. The van der Waals surface area contributed by atoms with Crippen molar-refractivity contribution in [2.45, 2.75) is 20.4 Å². The van der Waals surface area contributed by atoms with Crippen molar-refractivity contribution in [1.29, 1.82) is 0 Å². The highest BCUT2D eigenvalue weighted by Gasteiger charge is 2.19. The van der Waals surface area contributed by atoms with Crippen molar-refractivity contribution in [2.24, 2.45) is 5.92 Å². The van der Waals surface area contributed by atoms with E-state index in [0.717, 1.165) is 6.26 Å². The molecule has 1 N–H and O–H groups in total. The molecule has 0 aliphatic carbocycles. The van der Waals surface area contributed by atoms with E-state index in [1.807, 2.05) is 18.6 Å². The van der Waals surface area contributed by atoms with Gasteiger partial charge >= 0.3 is 0 Å². The first-order valence-electron chi connectivity index (χ1n) is 6.71. The number of nitrogens with zero attached hydrogens (tertiary/aromatic N) is 2. The molecule has 1 heterocycles. The van der Waals surface area contributed by atoms with Crippen LogP contribution in [-0.2, 0) is 16.6 Å². The van der Waals surface area contributed by atoms with E-state index in [-0.39, 0.29) is 17.2 Å². The Balaban J connectivity index is 2.69.